The Balaban J connectivity index is 0.801. The van der Waals surface area contributed by atoms with E-state index in [0.717, 1.165) is 64.2 Å². The van der Waals surface area contributed by atoms with E-state index in [9.17, 15) is 47.9 Å². The first kappa shape index (κ1) is 42.5. The lowest BCUT2D eigenvalue weighted by Gasteiger charge is -2.63. The van der Waals surface area contributed by atoms with Crippen molar-refractivity contribution in [3.05, 3.63) is 140 Å². The van der Waals surface area contributed by atoms with Gasteiger partial charge in [0.2, 0.25) is 0 Å². The lowest BCUT2D eigenvalue weighted by Crippen LogP contribution is -2.59. The number of hydrogen-bond donors (Lipinski definition) is 0. The van der Waals surface area contributed by atoms with Gasteiger partial charge in [0.05, 0.1) is 44.5 Å². The summed E-state index contributed by atoms with van der Waals surface area (Å²) in [4.78, 5) is 148. The van der Waals surface area contributed by atoms with Crippen LogP contribution in [-0.4, -0.2) is 105 Å². The third-order valence-electron chi connectivity index (χ3n) is 19.5. The number of carbonyl (C=O) groups excluding carboxylic acids is 10. The average molecular weight is 961 g/mol. The minimum absolute atomic E-state index is 0.128. The standard InChI is InChI=1S/C58H48N4O10/c63-45-33-1-5-37-41(11-33)51(69)59(47(37)65)25-55-15-29-9-30(16-55)18-56(17-29,23-55)27-61-49(67)39-7-3-35(13-43(39)53(61)71)46(64)36-4-8-40-44(14-36)54(72)62(50(40)68)28-58-21-31-10-32(22-58)20-57(19-31,24-58)26-60-48(66)38-6-2-34(45)12-42(38)52(60)70/h1-8,11-14,29-32H,9-10,15-28H2. The Hall–Kier alpha value is -7.22. The molecule has 8 amide bonds. The summed E-state index contributed by atoms with van der Waals surface area (Å²) in [5, 5.41) is 0. The summed E-state index contributed by atoms with van der Waals surface area (Å²) < 4.78 is 0. The second-order valence-electron chi connectivity index (χ2n) is 24.4. The van der Waals surface area contributed by atoms with Crippen LogP contribution >= 0.6 is 0 Å². The molecule has 14 heteroatoms. The molecule has 0 radical (unpaired) electrons. The van der Waals surface area contributed by atoms with Crippen LogP contribution in [0.2, 0.25) is 0 Å². The van der Waals surface area contributed by atoms with E-state index < -0.39 is 80.5 Å². The van der Waals surface area contributed by atoms with Gasteiger partial charge in [0.25, 0.3) is 47.3 Å². The third-order valence-corrected chi connectivity index (χ3v) is 19.5. The van der Waals surface area contributed by atoms with Gasteiger partial charge in [-0.05, 0) is 171 Å². The van der Waals surface area contributed by atoms with Gasteiger partial charge in [-0.15, -0.1) is 0 Å². The Morgan fingerprint density at radius 2 is 0.500 bits per heavy atom. The predicted octanol–water partition coefficient (Wildman–Crippen LogP) is 7.42. The van der Waals surface area contributed by atoms with Crippen LogP contribution in [0.15, 0.2) is 72.8 Å². The van der Waals surface area contributed by atoms with Crippen LogP contribution in [0.1, 0.15) is 192 Å². The number of amides is 8. The van der Waals surface area contributed by atoms with Crippen molar-refractivity contribution in [1.82, 2.24) is 19.6 Å². The summed E-state index contributed by atoms with van der Waals surface area (Å²) in [6.45, 7) is 0.692. The topological polar surface area (TPSA) is 184 Å². The summed E-state index contributed by atoms with van der Waals surface area (Å²) >= 11 is 0. The van der Waals surface area contributed by atoms with Gasteiger partial charge < -0.3 is 0 Å². The van der Waals surface area contributed by atoms with Crippen molar-refractivity contribution in [2.24, 2.45) is 45.3 Å². The fourth-order valence-electron chi connectivity index (χ4n) is 18.0. The molecule has 5 aliphatic heterocycles. The quantitative estimate of drug-likeness (QED) is 0.161. The Kier molecular flexibility index (Phi) is 8.16. The Bertz CT molecular complexity index is 2960. The van der Waals surface area contributed by atoms with Crippen LogP contribution in [0.4, 0.5) is 0 Å². The highest BCUT2D eigenvalue weighted by atomic mass is 16.2. The van der Waals surface area contributed by atoms with Crippen LogP contribution in [0.5, 0.6) is 0 Å². The first-order valence-corrected chi connectivity index (χ1v) is 25.6. The first-order chi connectivity index (χ1) is 34.5. The van der Waals surface area contributed by atoms with E-state index >= 15 is 0 Å². The highest BCUT2D eigenvalue weighted by molar-refractivity contribution is 6.26. The SMILES string of the molecule is O=C1c2ccc3c(c2)C(=O)N(CC24CC5CC(C2)CC(C5)(CN2C(=O)c5ccc(cc5C2=O)C(=O)c2ccc5c(c2)C(=O)N(CC26CC7CC(CC(C7)(CN7C(=O)c8ccc1cc8C7=O)C2)C6)C5=O)C4)C3=O. The smallest absolute Gasteiger partial charge is 0.261 e. The van der Waals surface area contributed by atoms with Gasteiger partial charge in [-0.2, -0.15) is 0 Å². The van der Waals surface area contributed by atoms with Gasteiger partial charge in [-0.25, -0.2) is 0 Å². The summed E-state index contributed by atoms with van der Waals surface area (Å²) in [6, 6.07) is 18.0. The molecular formula is C58H48N4O10. The zero-order chi connectivity index (χ0) is 49.1. The Morgan fingerprint density at radius 3 is 0.722 bits per heavy atom. The lowest BCUT2D eigenvalue weighted by molar-refractivity contribution is -0.120. The molecule has 8 fully saturated rings. The highest BCUT2D eigenvalue weighted by Gasteiger charge is 2.62. The number of nitrogens with zero attached hydrogens (tertiary/aromatic N) is 4. The van der Waals surface area contributed by atoms with E-state index in [4.69, 9.17) is 0 Å². The van der Waals surface area contributed by atoms with E-state index in [2.05, 4.69) is 0 Å². The van der Waals surface area contributed by atoms with Gasteiger partial charge in [-0.3, -0.25) is 67.5 Å². The minimum Gasteiger partial charge on any atom is -0.289 e. The van der Waals surface area contributed by atoms with Crippen molar-refractivity contribution >= 4 is 58.8 Å². The summed E-state index contributed by atoms with van der Waals surface area (Å²) in [5.41, 5.74) is 0.249. The molecule has 5 heterocycles. The number of fused-ring (bicyclic) bond motifs is 8. The van der Waals surface area contributed by atoms with Crippen LogP contribution < -0.4 is 0 Å². The molecule has 13 aliphatic rings. The maximum absolute atomic E-state index is 14.4. The average Bonchev–Trinajstić information content (AvgIpc) is 3.91. The summed E-state index contributed by atoms with van der Waals surface area (Å²) in [7, 11) is 0. The van der Waals surface area contributed by atoms with E-state index in [1.165, 1.54) is 92.4 Å². The molecule has 20 bridgehead atoms. The van der Waals surface area contributed by atoms with Gasteiger partial charge in [0, 0.05) is 48.4 Å². The zero-order valence-electron chi connectivity index (χ0n) is 39.4. The molecule has 0 aromatic heterocycles. The molecule has 8 aliphatic carbocycles. The van der Waals surface area contributed by atoms with E-state index in [1.807, 2.05) is 0 Å². The lowest BCUT2D eigenvalue weighted by atomic mass is 9.44. The maximum atomic E-state index is 14.4. The number of carbonyl (C=O) groups is 10. The van der Waals surface area contributed by atoms with Crippen molar-refractivity contribution in [2.45, 2.75) is 77.0 Å². The molecule has 14 nitrogen and oxygen atoms in total. The third kappa shape index (κ3) is 5.71. The van der Waals surface area contributed by atoms with Crippen LogP contribution in [-0.2, 0) is 0 Å². The molecule has 8 saturated carbocycles. The van der Waals surface area contributed by atoms with Crippen molar-refractivity contribution in [2.75, 3.05) is 26.2 Å². The molecule has 4 aromatic rings. The van der Waals surface area contributed by atoms with E-state index in [0.29, 0.717) is 12.8 Å². The fraction of sp³-hybridized carbons (Fsp3) is 0.414. The molecule has 72 heavy (non-hydrogen) atoms. The fourth-order valence-corrected chi connectivity index (χ4v) is 18.0. The molecule has 360 valence electrons. The van der Waals surface area contributed by atoms with Crippen LogP contribution in [0, 0.1) is 45.3 Å². The number of rotatable bonds is 0. The monoisotopic (exact) mass is 960 g/mol. The highest BCUT2D eigenvalue weighted by Crippen LogP contribution is 2.67. The molecule has 0 unspecified atom stereocenters. The molecule has 0 atom stereocenters. The molecule has 4 aromatic carbocycles. The Labute approximate surface area is 413 Å². The molecular weight excluding hydrogens is 913 g/mol. The number of imide groups is 4. The molecule has 0 N–H and O–H groups in total. The van der Waals surface area contributed by atoms with E-state index in [-0.39, 0.29) is 117 Å². The van der Waals surface area contributed by atoms with Gasteiger partial charge in [0.1, 0.15) is 0 Å². The molecule has 17 rings (SSSR count). The van der Waals surface area contributed by atoms with Gasteiger partial charge >= 0.3 is 0 Å². The van der Waals surface area contributed by atoms with Crippen molar-refractivity contribution in [1.29, 1.82) is 0 Å². The zero-order valence-corrected chi connectivity index (χ0v) is 39.4. The van der Waals surface area contributed by atoms with E-state index in [1.54, 1.807) is 0 Å². The van der Waals surface area contributed by atoms with Gasteiger partial charge in [0.15, 0.2) is 11.6 Å². The van der Waals surface area contributed by atoms with Crippen LogP contribution in [0.25, 0.3) is 0 Å². The number of ketones is 2. The Morgan fingerprint density at radius 1 is 0.292 bits per heavy atom. The van der Waals surface area contributed by atoms with Crippen molar-refractivity contribution < 1.29 is 47.9 Å². The minimum atomic E-state index is -0.484. The molecule has 0 saturated heterocycles. The second-order valence-corrected chi connectivity index (χ2v) is 24.4. The summed E-state index contributed by atoms with van der Waals surface area (Å²) in [6.07, 6.45) is 9.62. The first-order valence-electron chi connectivity index (χ1n) is 25.6. The van der Waals surface area contributed by atoms with Gasteiger partial charge in [-0.1, -0.05) is 24.3 Å². The number of hydrogen-bond acceptors (Lipinski definition) is 10. The number of benzene rings is 4. The summed E-state index contributed by atoms with van der Waals surface area (Å²) in [5.74, 6) is -3.47. The predicted molar refractivity (Wildman–Crippen MR) is 253 cm³/mol. The second kappa shape index (κ2) is 13.8. The largest absolute Gasteiger partial charge is 0.289 e. The normalized spacial score (nSPS) is 33.6. The van der Waals surface area contributed by atoms with Crippen molar-refractivity contribution in [3.8, 4) is 0 Å². The van der Waals surface area contributed by atoms with Crippen molar-refractivity contribution in [3.63, 3.8) is 0 Å². The maximum Gasteiger partial charge on any atom is 0.261 e. The van der Waals surface area contributed by atoms with Crippen LogP contribution in [0.3, 0.4) is 0 Å². The molecule has 4 spiro atoms.